The van der Waals surface area contributed by atoms with E-state index in [0.717, 1.165) is 25.3 Å². The fraction of sp³-hybridized carbons (Fsp3) is 0.722. The van der Waals surface area contributed by atoms with Crippen molar-refractivity contribution in [2.24, 2.45) is 5.92 Å². The lowest BCUT2D eigenvalue weighted by atomic mass is 9.86. The van der Waals surface area contributed by atoms with E-state index in [0.29, 0.717) is 23.7 Å². The summed E-state index contributed by atoms with van der Waals surface area (Å²) in [4.78, 5) is 21.6. The maximum absolute atomic E-state index is 13.2. The van der Waals surface area contributed by atoms with Crippen molar-refractivity contribution in [3.63, 3.8) is 0 Å². The van der Waals surface area contributed by atoms with Gasteiger partial charge in [0.15, 0.2) is 5.65 Å². The highest BCUT2D eigenvalue weighted by Gasteiger charge is 2.28. The number of hydrogen-bond donors (Lipinski definition) is 0. The third-order valence-electron chi connectivity index (χ3n) is 5.29. The lowest BCUT2D eigenvalue weighted by Crippen LogP contribution is -2.32. The normalized spacial score (nSPS) is 21.4. The molecule has 144 valence electrons. The molecule has 0 spiro atoms. The molecule has 2 heterocycles. The number of rotatable bonds is 6. The van der Waals surface area contributed by atoms with Gasteiger partial charge in [-0.25, -0.2) is 9.78 Å². The molecule has 2 aromatic heterocycles. The molecule has 1 aliphatic carbocycles. The lowest BCUT2D eigenvalue weighted by Gasteiger charge is -2.29. The molecule has 0 bridgehead atoms. The molecule has 0 N–H and O–H groups in total. The number of imidazole rings is 1. The van der Waals surface area contributed by atoms with Gasteiger partial charge in [0.05, 0.1) is 6.20 Å². The average molecular weight is 397 g/mol. The van der Waals surface area contributed by atoms with Gasteiger partial charge in [0.25, 0.3) is 0 Å². The second kappa shape index (κ2) is 7.82. The fourth-order valence-corrected chi connectivity index (χ4v) is 4.56. The molecule has 2 atom stereocenters. The van der Waals surface area contributed by atoms with E-state index in [1.807, 2.05) is 4.57 Å². The summed E-state index contributed by atoms with van der Waals surface area (Å²) in [6, 6.07) is 1.23. The van der Waals surface area contributed by atoms with Crippen LogP contribution in [-0.4, -0.2) is 33.8 Å². The number of ether oxygens (including phenoxy) is 1. The Kier molecular flexibility index (Phi) is 5.89. The Labute approximate surface area is 160 Å². The van der Waals surface area contributed by atoms with Gasteiger partial charge in [0, 0.05) is 20.7 Å². The Hall–Kier alpha value is -1.18. The van der Waals surface area contributed by atoms with Gasteiger partial charge in [-0.2, -0.15) is 4.98 Å². The van der Waals surface area contributed by atoms with E-state index in [-0.39, 0.29) is 23.7 Å². The average Bonchev–Trinajstić information content (AvgIpc) is 2.82. The minimum Gasteiger partial charge on any atom is -0.361 e. The first kappa shape index (κ1) is 19.6. The van der Waals surface area contributed by atoms with Crippen molar-refractivity contribution in [3.8, 4) is 0 Å². The fourth-order valence-electron chi connectivity index (χ4n) is 3.68. The Balaban J connectivity index is 1.93. The van der Waals surface area contributed by atoms with E-state index >= 15 is 0 Å². The molecule has 0 aromatic carbocycles. The molecule has 1 aliphatic rings. The zero-order valence-electron chi connectivity index (χ0n) is 16.2. The molecule has 0 radical (unpaired) electrons. The summed E-state index contributed by atoms with van der Waals surface area (Å²) in [5.74, 6) is 0.446. The van der Waals surface area contributed by atoms with Gasteiger partial charge in [-0.05, 0) is 36.4 Å². The zero-order chi connectivity index (χ0) is 18.9. The van der Waals surface area contributed by atoms with Crippen LogP contribution in [0.4, 0.5) is 0 Å². The van der Waals surface area contributed by atoms with Gasteiger partial charge < -0.3 is 4.74 Å². The van der Waals surface area contributed by atoms with Crippen LogP contribution in [0.1, 0.15) is 38.6 Å². The molecule has 1 fully saturated rings. The van der Waals surface area contributed by atoms with Crippen LogP contribution in [0.3, 0.4) is 0 Å². The monoisotopic (exact) mass is 396 g/mol. The standard InChI is InChI=1S/C18H29ClN4O2Si/c1-13-7-5-6-8-14(13)23-16-15(11-20-17(19)21-16)22(18(23)24)12-25-9-10-26(2,3)4/h11,13-14H,5-10,12H2,1-4H3/t13-,14+/m1/s1. The second-order valence-electron chi connectivity index (χ2n) is 8.61. The minimum atomic E-state index is -1.16. The van der Waals surface area contributed by atoms with Crippen LogP contribution in [0.25, 0.3) is 11.2 Å². The molecule has 0 aliphatic heterocycles. The first-order valence-corrected chi connectivity index (χ1v) is 13.6. The van der Waals surface area contributed by atoms with Crippen molar-refractivity contribution in [2.75, 3.05) is 6.61 Å². The van der Waals surface area contributed by atoms with Gasteiger partial charge in [-0.1, -0.05) is 39.4 Å². The third-order valence-corrected chi connectivity index (χ3v) is 7.18. The van der Waals surface area contributed by atoms with Crippen LogP contribution in [-0.2, 0) is 11.5 Å². The van der Waals surface area contributed by atoms with Crippen molar-refractivity contribution in [3.05, 3.63) is 22.0 Å². The molecule has 0 unspecified atom stereocenters. The largest absolute Gasteiger partial charge is 0.361 e. The van der Waals surface area contributed by atoms with Crippen LogP contribution in [0.5, 0.6) is 0 Å². The van der Waals surface area contributed by atoms with E-state index in [9.17, 15) is 4.79 Å². The first-order chi connectivity index (χ1) is 12.3. The van der Waals surface area contributed by atoms with Gasteiger partial charge >= 0.3 is 5.69 Å². The third kappa shape index (κ3) is 4.21. The summed E-state index contributed by atoms with van der Waals surface area (Å²) in [6.45, 7) is 10.1. The number of hydrogen-bond acceptors (Lipinski definition) is 4. The molecular weight excluding hydrogens is 368 g/mol. The quantitative estimate of drug-likeness (QED) is 0.414. The van der Waals surface area contributed by atoms with E-state index in [4.69, 9.17) is 16.3 Å². The van der Waals surface area contributed by atoms with Crippen LogP contribution < -0.4 is 5.69 Å². The van der Waals surface area contributed by atoms with Crippen LogP contribution in [0.15, 0.2) is 11.0 Å². The maximum atomic E-state index is 13.2. The number of fused-ring (bicyclic) bond motifs is 1. The van der Waals surface area contributed by atoms with Crippen molar-refractivity contribution in [1.29, 1.82) is 0 Å². The molecule has 3 rings (SSSR count). The Morgan fingerprint density at radius 1 is 1.31 bits per heavy atom. The molecule has 2 aromatic rings. The van der Waals surface area contributed by atoms with Crippen molar-refractivity contribution >= 4 is 30.8 Å². The topological polar surface area (TPSA) is 61.9 Å². The van der Waals surface area contributed by atoms with Crippen LogP contribution >= 0.6 is 11.6 Å². The molecule has 8 heteroatoms. The molecule has 26 heavy (non-hydrogen) atoms. The van der Waals surface area contributed by atoms with Gasteiger partial charge in [-0.15, -0.1) is 0 Å². The van der Waals surface area contributed by atoms with E-state index < -0.39 is 8.07 Å². The van der Waals surface area contributed by atoms with E-state index in [2.05, 4.69) is 36.5 Å². The van der Waals surface area contributed by atoms with E-state index in [1.54, 1.807) is 10.8 Å². The molecule has 6 nitrogen and oxygen atoms in total. The summed E-state index contributed by atoms with van der Waals surface area (Å²) in [7, 11) is -1.16. The Morgan fingerprint density at radius 3 is 2.73 bits per heavy atom. The second-order valence-corrected chi connectivity index (χ2v) is 14.6. The highest BCUT2D eigenvalue weighted by atomic mass is 35.5. The molecule has 0 saturated heterocycles. The summed E-state index contributed by atoms with van der Waals surface area (Å²) in [5, 5.41) is 0.173. The van der Waals surface area contributed by atoms with E-state index in [1.165, 1.54) is 6.42 Å². The molecule has 0 amide bonds. The minimum absolute atomic E-state index is 0.0664. The highest BCUT2D eigenvalue weighted by Crippen LogP contribution is 2.34. The van der Waals surface area contributed by atoms with Crippen LogP contribution in [0, 0.1) is 5.92 Å². The lowest BCUT2D eigenvalue weighted by molar-refractivity contribution is 0.0863. The molecular formula is C18H29ClN4O2Si. The first-order valence-electron chi connectivity index (χ1n) is 9.49. The summed E-state index contributed by atoms with van der Waals surface area (Å²) >= 11 is 6.03. The number of aromatic nitrogens is 4. The summed E-state index contributed by atoms with van der Waals surface area (Å²) in [6.07, 6.45) is 6.13. The Morgan fingerprint density at radius 2 is 2.04 bits per heavy atom. The predicted octanol–water partition coefficient (Wildman–Crippen LogP) is 4.31. The zero-order valence-corrected chi connectivity index (χ0v) is 17.9. The van der Waals surface area contributed by atoms with Crippen LogP contribution in [0.2, 0.25) is 31.0 Å². The predicted molar refractivity (Wildman–Crippen MR) is 108 cm³/mol. The highest BCUT2D eigenvalue weighted by molar-refractivity contribution is 6.76. The smallest absolute Gasteiger partial charge is 0.332 e. The van der Waals surface area contributed by atoms with Gasteiger partial charge in [-0.3, -0.25) is 9.13 Å². The summed E-state index contributed by atoms with van der Waals surface area (Å²) in [5.41, 5.74) is 1.26. The van der Waals surface area contributed by atoms with Crippen molar-refractivity contribution in [1.82, 2.24) is 19.1 Å². The maximum Gasteiger partial charge on any atom is 0.332 e. The number of nitrogens with zero attached hydrogens (tertiary/aromatic N) is 4. The van der Waals surface area contributed by atoms with Gasteiger partial charge in [0.2, 0.25) is 5.28 Å². The molecule has 1 saturated carbocycles. The SMILES string of the molecule is C[C@@H]1CCCC[C@@H]1n1c(=O)n(COCC[Si](C)(C)C)c2cnc(Cl)nc21. The van der Waals surface area contributed by atoms with Gasteiger partial charge in [0.1, 0.15) is 12.2 Å². The summed E-state index contributed by atoms with van der Waals surface area (Å²) < 4.78 is 9.32. The van der Waals surface area contributed by atoms with Crippen molar-refractivity contribution < 1.29 is 4.74 Å². The Bertz CT molecular complexity index is 827. The number of halogens is 1. The van der Waals surface area contributed by atoms with Crippen molar-refractivity contribution in [2.45, 2.75) is 71.1 Å².